The van der Waals surface area contributed by atoms with Crippen LogP contribution in [0.25, 0.3) is 0 Å². The Morgan fingerprint density at radius 2 is 1.74 bits per heavy atom. The Hall–Kier alpha value is -3.47. The highest BCUT2D eigenvalue weighted by atomic mass is 16.2. The third-order valence-corrected chi connectivity index (χ3v) is 4.72. The van der Waals surface area contributed by atoms with Crippen molar-refractivity contribution in [2.45, 2.75) is 19.0 Å². The predicted molar refractivity (Wildman–Crippen MR) is 103 cm³/mol. The number of aromatic nitrogens is 1. The number of hydrogen-bond donors (Lipinski definition) is 1. The van der Waals surface area contributed by atoms with Crippen molar-refractivity contribution in [3.63, 3.8) is 0 Å². The molecule has 2 amide bonds. The molecular formula is C22H19N3O2. The zero-order chi connectivity index (χ0) is 18.6. The van der Waals surface area contributed by atoms with Gasteiger partial charge in [-0.25, -0.2) is 4.98 Å². The van der Waals surface area contributed by atoms with Gasteiger partial charge in [0.05, 0.1) is 0 Å². The van der Waals surface area contributed by atoms with E-state index in [1.54, 1.807) is 23.2 Å². The number of anilines is 1. The van der Waals surface area contributed by atoms with Crippen molar-refractivity contribution >= 4 is 17.6 Å². The van der Waals surface area contributed by atoms with Crippen LogP contribution in [0.1, 0.15) is 21.5 Å². The van der Waals surface area contributed by atoms with E-state index < -0.39 is 6.04 Å². The monoisotopic (exact) mass is 357 g/mol. The molecule has 0 radical (unpaired) electrons. The van der Waals surface area contributed by atoms with Crippen molar-refractivity contribution in [3.8, 4) is 0 Å². The Kier molecular flexibility index (Phi) is 4.66. The third-order valence-electron chi connectivity index (χ3n) is 4.72. The third kappa shape index (κ3) is 3.58. The van der Waals surface area contributed by atoms with Gasteiger partial charge in [0.1, 0.15) is 11.9 Å². The number of hydrogen-bond acceptors (Lipinski definition) is 3. The molecule has 5 nitrogen and oxygen atoms in total. The SMILES string of the molecule is O=C(Nc1ccccn1)[C@@H](Cc1ccccc1)N1Cc2ccccc2C1=O. The summed E-state index contributed by atoms with van der Waals surface area (Å²) in [6, 6.07) is 22.0. The number of benzene rings is 2. The van der Waals surface area contributed by atoms with Gasteiger partial charge in [-0.05, 0) is 29.3 Å². The summed E-state index contributed by atoms with van der Waals surface area (Å²) in [5.74, 6) is 0.131. The van der Waals surface area contributed by atoms with E-state index >= 15 is 0 Å². The largest absolute Gasteiger partial charge is 0.322 e. The number of pyridine rings is 1. The summed E-state index contributed by atoms with van der Waals surface area (Å²) in [6.45, 7) is 0.433. The molecule has 0 aliphatic carbocycles. The topological polar surface area (TPSA) is 62.3 Å². The molecule has 4 rings (SSSR count). The lowest BCUT2D eigenvalue weighted by Crippen LogP contribution is -2.45. The molecule has 1 aromatic heterocycles. The molecule has 0 fully saturated rings. The molecule has 3 aromatic rings. The minimum absolute atomic E-state index is 0.109. The van der Waals surface area contributed by atoms with Gasteiger partial charge in [-0.2, -0.15) is 0 Å². The molecule has 27 heavy (non-hydrogen) atoms. The first kappa shape index (κ1) is 17.0. The van der Waals surface area contributed by atoms with Crippen LogP contribution < -0.4 is 5.32 Å². The zero-order valence-electron chi connectivity index (χ0n) is 14.7. The maximum absolute atomic E-state index is 13.1. The molecule has 0 saturated heterocycles. The van der Waals surface area contributed by atoms with Gasteiger partial charge in [-0.15, -0.1) is 0 Å². The molecule has 0 saturated carbocycles. The van der Waals surface area contributed by atoms with Gasteiger partial charge >= 0.3 is 0 Å². The quantitative estimate of drug-likeness (QED) is 0.762. The molecule has 5 heteroatoms. The second kappa shape index (κ2) is 7.41. The van der Waals surface area contributed by atoms with Gasteiger partial charge in [0.25, 0.3) is 5.91 Å². The van der Waals surface area contributed by atoms with E-state index in [1.165, 1.54) is 0 Å². The number of carbonyl (C=O) groups is 2. The average molecular weight is 357 g/mol. The van der Waals surface area contributed by atoms with Crippen LogP contribution in [-0.2, 0) is 17.8 Å². The molecular weight excluding hydrogens is 338 g/mol. The second-order valence-corrected chi connectivity index (χ2v) is 6.50. The number of amides is 2. The lowest BCUT2D eigenvalue weighted by molar-refractivity contribution is -0.120. The van der Waals surface area contributed by atoms with Crippen LogP contribution in [0.2, 0.25) is 0 Å². The summed E-state index contributed by atoms with van der Waals surface area (Å²) in [4.78, 5) is 31.8. The standard InChI is InChI=1S/C22H19N3O2/c26-21(24-20-12-6-7-13-23-20)19(14-16-8-2-1-3-9-16)25-15-17-10-4-5-11-18(17)22(25)27/h1-13,19H,14-15H2,(H,23,24,26)/t19-/m1/s1. The van der Waals surface area contributed by atoms with Crippen LogP contribution in [-0.4, -0.2) is 27.7 Å². The highest BCUT2D eigenvalue weighted by Crippen LogP contribution is 2.26. The van der Waals surface area contributed by atoms with Gasteiger partial charge in [-0.3, -0.25) is 9.59 Å². The Balaban J connectivity index is 1.62. The highest BCUT2D eigenvalue weighted by Gasteiger charge is 2.36. The summed E-state index contributed by atoms with van der Waals surface area (Å²) in [5, 5.41) is 2.84. The second-order valence-electron chi connectivity index (χ2n) is 6.50. The van der Waals surface area contributed by atoms with E-state index in [0.29, 0.717) is 24.3 Å². The summed E-state index contributed by atoms with van der Waals surface area (Å²) in [5.41, 5.74) is 2.62. The molecule has 2 aromatic carbocycles. The van der Waals surface area contributed by atoms with Gasteiger partial charge in [-0.1, -0.05) is 54.6 Å². The van der Waals surface area contributed by atoms with E-state index in [-0.39, 0.29) is 11.8 Å². The summed E-state index contributed by atoms with van der Waals surface area (Å²) in [7, 11) is 0. The fourth-order valence-corrected chi connectivity index (χ4v) is 3.36. The van der Waals surface area contributed by atoms with Crippen LogP contribution in [0.5, 0.6) is 0 Å². The van der Waals surface area contributed by atoms with Crippen molar-refractivity contribution in [1.29, 1.82) is 0 Å². The highest BCUT2D eigenvalue weighted by molar-refractivity contribution is 6.03. The molecule has 1 aliphatic heterocycles. The van der Waals surface area contributed by atoms with Gasteiger partial charge in [0.2, 0.25) is 5.91 Å². The van der Waals surface area contributed by atoms with Gasteiger partial charge in [0, 0.05) is 24.7 Å². The predicted octanol–water partition coefficient (Wildman–Crippen LogP) is 3.29. The Labute approximate surface area is 157 Å². The van der Waals surface area contributed by atoms with Crippen molar-refractivity contribution in [3.05, 3.63) is 95.7 Å². The molecule has 0 bridgehead atoms. The molecule has 2 heterocycles. The van der Waals surface area contributed by atoms with E-state index in [2.05, 4.69) is 10.3 Å². The Morgan fingerprint density at radius 3 is 2.48 bits per heavy atom. The fraction of sp³-hybridized carbons (Fsp3) is 0.136. The minimum atomic E-state index is -0.616. The van der Waals surface area contributed by atoms with Crippen LogP contribution in [0.3, 0.4) is 0 Å². The zero-order valence-corrected chi connectivity index (χ0v) is 14.7. The van der Waals surface area contributed by atoms with Crippen LogP contribution in [0, 0.1) is 0 Å². The first-order valence-corrected chi connectivity index (χ1v) is 8.87. The molecule has 0 spiro atoms. The lowest BCUT2D eigenvalue weighted by Gasteiger charge is -2.27. The molecule has 1 N–H and O–H groups in total. The summed E-state index contributed by atoms with van der Waals surface area (Å²) in [6.07, 6.45) is 2.07. The Morgan fingerprint density at radius 1 is 1.00 bits per heavy atom. The van der Waals surface area contributed by atoms with Crippen molar-refractivity contribution in [1.82, 2.24) is 9.88 Å². The first-order valence-electron chi connectivity index (χ1n) is 8.87. The van der Waals surface area contributed by atoms with Gasteiger partial charge < -0.3 is 10.2 Å². The van der Waals surface area contributed by atoms with Gasteiger partial charge in [0.15, 0.2) is 0 Å². The first-order chi connectivity index (χ1) is 13.2. The molecule has 1 atom stereocenters. The Bertz CT molecular complexity index is 958. The minimum Gasteiger partial charge on any atom is -0.322 e. The molecule has 1 aliphatic rings. The number of nitrogens with zero attached hydrogens (tertiary/aromatic N) is 2. The van der Waals surface area contributed by atoms with Crippen LogP contribution in [0.15, 0.2) is 79.0 Å². The van der Waals surface area contributed by atoms with E-state index in [9.17, 15) is 9.59 Å². The van der Waals surface area contributed by atoms with E-state index in [4.69, 9.17) is 0 Å². The summed E-state index contributed by atoms with van der Waals surface area (Å²) >= 11 is 0. The smallest absolute Gasteiger partial charge is 0.255 e. The number of rotatable bonds is 5. The number of nitrogens with one attached hydrogen (secondary N) is 1. The van der Waals surface area contributed by atoms with Crippen molar-refractivity contribution in [2.75, 3.05) is 5.32 Å². The normalized spacial score (nSPS) is 13.9. The average Bonchev–Trinajstić information content (AvgIpc) is 3.04. The van der Waals surface area contributed by atoms with Crippen LogP contribution >= 0.6 is 0 Å². The number of fused-ring (bicyclic) bond motifs is 1. The number of carbonyl (C=O) groups excluding carboxylic acids is 2. The molecule has 0 unspecified atom stereocenters. The maximum atomic E-state index is 13.1. The summed E-state index contributed by atoms with van der Waals surface area (Å²) < 4.78 is 0. The molecule has 134 valence electrons. The maximum Gasteiger partial charge on any atom is 0.255 e. The van der Waals surface area contributed by atoms with Crippen molar-refractivity contribution in [2.24, 2.45) is 0 Å². The van der Waals surface area contributed by atoms with Crippen LogP contribution in [0.4, 0.5) is 5.82 Å². The van der Waals surface area contributed by atoms with E-state index in [1.807, 2.05) is 60.7 Å². The van der Waals surface area contributed by atoms with E-state index in [0.717, 1.165) is 11.1 Å². The lowest BCUT2D eigenvalue weighted by atomic mass is 10.0. The fourth-order valence-electron chi connectivity index (χ4n) is 3.36. The van der Waals surface area contributed by atoms with Crippen molar-refractivity contribution < 1.29 is 9.59 Å².